The molecule has 0 saturated carbocycles. The predicted molar refractivity (Wildman–Crippen MR) is 76.7 cm³/mol. The zero-order chi connectivity index (χ0) is 13.8. The monoisotopic (exact) mass is 267 g/mol. The van der Waals surface area contributed by atoms with Crippen LogP contribution in [-0.4, -0.2) is 22.7 Å². The molecular formula is C15H13N3O2. The van der Waals surface area contributed by atoms with E-state index in [9.17, 15) is 4.79 Å². The van der Waals surface area contributed by atoms with Gasteiger partial charge in [0.25, 0.3) is 5.91 Å². The third kappa shape index (κ3) is 2.77. The van der Waals surface area contributed by atoms with Crippen molar-refractivity contribution in [2.75, 3.05) is 11.9 Å². The highest BCUT2D eigenvalue weighted by Gasteiger charge is 2.04. The summed E-state index contributed by atoms with van der Waals surface area (Å²) in [4.78, 5) is 11.7. The van der Waals surface area contributed by atoms with Gasteiger partial charge in [-0.2, -0.15) is 5.10 Å². The molecule has 5 heteroatoms. The van der Waals surface area contributed by atoms with Gasteiger partial charge in [0, 0.05) is 6.07 Å². The number of hydrogen-bond acceptors (Lipinski definition) is 3. The Hall–Kier alpha value is -2.82. The Labute approximate surface area is 115 Å². The Morgan fingerprint density at radius 2 is 2.00 bits per heavy atom. The number of aromatic amines is 1. The molecule has 2 N–H and O–H groups in total. The lowest BCUT2D eigenvalue weighted by atomic mass is 10.1. The van der Waals surface area contributed by atoms with Gasteiger partial charge in [-0.05, 0) is 22.9 Å². The summed E-state index contributed by atoms with van der Waals surface area (Å²) in [5.41, 5.74) is 0. The van der Waals surface area contributed by atoms with Crippen molar-refractivity contribution in [2.45, 2.75) is 0 Å². The molecule has 1 amide bonds. The van der Waals surface area contributed by atoms with Gasteiger partial charge in [0.2, 0.25) is 0 Å². The zero-order valence-electron chi connectivity index (χ0n) is 10.7. The lowest BCUT2D eigenvalue weighted by Crippen LogP contribution is -2.20. The van der Waals surface area contributed by atoms with Gasteiger partial charge in [-0.3, -0.25) is 9.89 Å². The van der Waals surface area contributed by atoms with Crippen LogP contribution in [0.2, 0.25) is 0 Å². The van der Waals surface area contributed by atoms with Crippen molar-refractivity contribution in [1.29, 1.82) is 0 Å². The molecule has 1 aromatic heterocycles. The van der Waals surface area contributed by atoms with E-state index in [-0.39, 0.29) is 12.5 Å². The molecular weight excluding hydrogens is 254 g/mol. The number of H-pyrrole nitrogens is 1. The van der Waals surface area contributed by atoms with Crippen molar-refractivity contribution in [2.24, 2.45) is 0 Å². The van der Waals surface area contributed by atoms with Crippen LogP contribution in [0.4, 0.5) is 5.82 Å². The number of anilines is 1. The molecule has 1 heterocycles. The van der Waals surface area contributed by atoms with E-state index in [0.717, 1.165) is 10.8 Å². The first-order chi connectivity index (χ1) is 9.81. The van der Waals surface area contributed by atoms with Gasteiger partial charge in [0.1, 0.15) is 11.6 Å². The Morgan fingerprint density at radius 1 is 1.15 bits per heavy atom. The number of fused-ring (bicyclic) bond motifs is 1. The predicted octanol–water partition coefficient (Wildman–Crippen LogP) is 2.58. The first kappa shape index (κ1) is 12.2. The summed E-state index contributed by atoms with van der Waals surface area (Å²) in [7, 11) is 0. The maximum Gasteiger partial charge on any atom is 0.263 e. The van der Waals surface area contributed by atoms with Crippen LogP contribution in [0.25, 0.3) is 10.8 Å². The summed E-state index contributed by atoms with van der Waals surface area (Å²) in [5, 5.41) is 11.3. The second-order valence-electron chi connectivity index (χ2n) is 4.32. The highest BCUT2D eigenvalue weighted by Crippen LogP contribution is 2.20. The third-order valence-electron chi connectivity index (χ3n) is 2.87. The first-order valence-corrected chi connectivity index (χ1v) is 6.22. The Bertz CT molecular complexity index is 723. The van der Waals surface area contributed by atoms with Crippen molar-refractivity contribution in [1.82, 2.24) is 10.2 Å². The summed E-state index contributed by atoms with van der Waals surface area (Å²) in [6.07, 6.45) is 1.57. The normalized spacial score (nSPS) is 10.4. The molecule has 3 aromatic rings. The maximum atomic E-state index is 11.7. The van der Waals surface area contributed by atoms with E-state index in [1.807, 2.05) is 42.5 Å². The molecule has 0 fully saturated rings. The van der Waals surface area contributed by atoms with Crippen molar-refractivity contribution in [3.05, 3.63) is 54.7 Å². The SMILES string of the molecule is O=C(COc1ccc2ccccc2c1)Nc1ccn[nH]1. The molecule has 0 bridgehead atoms. The van der Waals surface area contributed by atoms with Gasteiger partial charge < -0.3 is 10.1 Å². The average Bonchev–Trinajstić information content (AvgIpc) is 2.98. The van der Waals surface area contributed by atoms with Crippen molar-refractivity contribution in [3.63, 3.8) is 0 Å². The number of rotatable bonds is 4. The van der Waals surface area contributed by atoms with E-state index in [2.05, 4.69) is 15.5 Å². The fourth-order valence-electron chi connectivity index (χ4n) is 1.92. The number of carbonyl (C=O) groups is 1. The van der Waals surface area contributed by atoms with Gasteiger partial charge in [-0.15, -0.1) is 0 Å². The lowest BCUT2D eigenvalue weighted by molar-refractivity contribution is -0.118. The molecule has 100 valence electrons. The Kier molecular flexibility index (Phi) is 3.33. The number of aromatic nitrogens is 2. The second kappa shape index (κ2) is 5.44. The molecule has 0 aliphatic rings. The first-order valence-electron chi connectivity index (χ1n) is 6.22. The molecule has 0 saturated heterocycles. The molecule has 20 heavy (non-hydrogen) atoms. The number of hydrogen-bond donors (Lipinski definition) is 2. The molecule has 2 aromatic carbocycles. The van der Waals surface area contributed by atoms with Crippen LogP contribution in [0.5, 0.6) is 5.75 Å². The highest BCUT2D eigenvalue weighted by atomic mass is 16.5. The summed E-state index contributed by atoms with van der Waals surface area (Å²) >= 11 is 0. The Balaban J connectivity index is 1.63. The summed E-state index contributed by atoms with van der Waals surface area (Å²) < 4.78 is 5.48. The topological polar surface area (TPSA) is 67.0 Å². The number of ether oxygens (including phenoxy) is 1. The summed E-state index contributed by atoms with van der Waals surface area (Å²) in [6, 6.07) is 15.4. The molecule has 3 rings (SSSR count). The number of benzene rings is 2. The number of amides is 1. The van der Waals surface area contributed by atoms with E-state index >= 15 is 0 Å². The van der Waals surface area contributed by atoms with Crippen LogP contribution >= 0.6 is 0 Å². The van der Waals surface area contributed by atoms with Gasteiger partial charge in [-0.25, -0.2) is 0 Å². The third-order valence-corrected chi connectivity index (χ3v) is 2.87. The van der Waals surface area contributed by atoms with Crippen LogP contribution in [0.15, 0.2) is 54.7 Å². The molecule has 0 radical (unpaired) electrons. The lowest BCUT2D eigenvalue weighted by Gasteiger charge is -2.07. The van der Waals surface area contributed by atoms with Gasteiger partial charge in [-0.1, -0.05) is 30.3 Å². The minimum atomic E-state index is -0.234. The highest BCUT2D eigenvalue weighted by molar-refractivity contribution is 5.91. The zero-order valence-corrected chi connectivity index (χ0v) is 10.7. The standard InChI is InChI=1S/C15H13N3O2/c19-15(17-14-7-8-16-18-14)10-20-13-6-5-11-3-1-2-4-12(11)9-13/h1-9H,10H2,(H2,16,17,18,19). The quantitative estimate of drug-likeness (QED) is 0.763. The van der Waals surface area contributed by atoms with Crippen LogP contribution in [-0.2, 0) is 4.79 Å². The fraction of sp³-hybridized carbons (Fsp3) is 0.0667. The van der Waals surface area contributed by atoms with E-state index in [0.29, 0.717) is 11.6 Å². The summed E-state index contributed by atoms with van der Waals surface area (Å²) in [5.74, 6) is 0.989. The van der Waals surface area contributed by atoms with Gasteiger partial charge in [0.05, 0.1) is 6.20 Å². The minimum absolute atomic E-state index is 0.0443. The van der Waals surface area contributed by atoms with E-state index < -0.39 is 0 Å². The molecule has 0 spiro atoms. The summed E-state index contributed by atoms with van der Waals surface area (Å²) in [6.45, 7) is -0.0443. The number of carbonyl (C=O) groups excluding carboxylic acids is 1. The molecule has 0 unspecified atom stereocenters. The van der Waals surface area contributed by atoms with E-state index in [1.165, 1.54) is 0 Å². The van der Waals surface area contributed by atoms with Crippen molar-refractivity contribution in [3.8, 4) is 5.75 Å². The van der Waals surface area contributed by atoms with Crippen LogP contribution < -0.4 is 10.1 Å². The van der Waals surface area contributed by atoms with Crippen molar-refractivity contribution >= 4 is 22.5 Å². The smallest absolute Gasteiger partial charge is 0.263 e. The van der Waals surface area contributed by atoms with Crippen LogP contribution in [0.3, 0.4) is 0 Å². The van der Waals surface area contributed by atoms with Crippen LogP contribution in [0, 0.1) is 0 Å². The van der Waals surface area contributed by atoms with Crippen LogP contribution in [0.1, 0.15) is 0 Å². The number of nitrogens with one attached hydrogen (secondary N) is 2. The number of nitrogens with zero attached hydrogens (tertiary/aromatic N) is 1. The molecule has 0 aliphatic carbocycles. The molecule has 0 atom stereocenters. The largest absolute Gasteiger partial charge is 0.484 e. The van der Waals surface area contributed by atoms with Crippen molar-refractivity contribution < 1.29 is 9.53 Å². The van der Waals surface area contributed by atoms with E-state index in [1.54, 1.807) is 12.3 Å². The fourth-order valence-corrected chi connectivity index (χ4v) is 1.92. The maximum absolute atomic E-state index is 11.7. The average molecular weight is 267 g/mol. The van der Waals surface area contributed by atoms with E-state index in [4.69, 9.17) is 4.74 Å². The second-order valence-corrected chi connectivity index (χ2v) is 4.32. The Morgan fingerprint density at radius 3 is 2.80 bits per heavy atom. The van der Waals surface area contributed by atoms with Gasteiger partial charge in [0.15, 0.2) is 6.61 Å². The minimum Gasteiger partial charge on any atom is -0.484 e. The van der Waals surface area contributed by atoms with Gasteiger partial charge >= 0.3 is 0 Å². The molecule has 0 aliphatic heterocycles. The molecule has 5 nitrogen and oxygen atoms in total.